The molecule has 1 aliphatic rings. The fourth-order valence-electron chi connectivity index (χ4n) is 2.70. The van der Waals surface area contributed by atoms with Crippen LogP contribution in [0.4, 0.5) is 5.82 Å². The summed E-state index contributed by atoms with van der Waals surface area (Å²) in [5.41, 5.74) is 0.166. The Balaban J connectivity index is 1.65. The van der Waals surface area contributed by atoms with Crippen molar-refractivity contribution in [3.8, 4) is 0 Å². The Bertz CT molecular complexity index is 912. The predicted octanol–water partition coefficient (Wildman–Crippen LogP) is 1.59. The lowest BCUT2D eigenvalue weighted by Crippen LogP contribution is -2.37. The molecule has 10 heteroatoms. The Morgan fingerprint density at radius 3 is 2.92 bits per heavy atom. The van der Waals surface area contributed by atoms with Crippen LogP contribution < -0.4 is 10.2 Å². The molecule has 1 saturated heterocycles. The molecule has 1 unspecified atom stereocenters. The molecular weight excluding hydrogens is 380 g/mol. The number of nitrogens with one attached hydrogen (secondary N) is 1. The molecule has 2 aromatic rings. The number of hydrogen-bond acceptors (Lipinski definition) is 6. The number of sulfonamides is 1. The second kappa shape index (κ2) is 7.26. The van der Waals surface area contributed by atoms with Gasteiger partial charge in [-0.15, -0.1) is 0 Å². The Morgan fingerprint density at radius 2 is 2.23 bits per heavy atom. The van der Waals surface area contributed by atoms with Gasteiger partial charge in [0.2, 0.25) is 5.09 Å². The van der Waals surface area contributed by atoms with Gasteiger partial charge in [0.25, 0.3) is 15.9 Å². The summed E-state index contributed by atoms with van der Waals surface area (Å²) in [6.45, 7) is 1.29. The molecular formula is C16H19ClN4O4S. The number of furan rings is 1. The molecule has 0 aromatic carbocycles. The lowest BCUT2D eigenvalue weighted by Gasteiger charge is -2.18. The van der Waals surface area contributed by atoms with Gasteiger partial charge < -0.3 is 14.6 Å². The average Bonchev–Trinajstić information content (AvgIpc) is 3.24. The summed E-state index contributed by atoms with van der Waals surface area (Å²) in [5.74, 6) is 0.307. The first-order valence-corrected chi connectivity index (χ1v) is 9.78. The molecule has 1 atom stereocenters. The van der Waals surface area contributed by atoms with Crippen molar-refractivity contribution in [2.45, 2.75) is 17.6 Å². The number of carbonyl (C=O) groups excluding carboxylic acids is 1. The van der Waals surface area contributed by atoms with Gasteiger partial charge >= 0.3 is 0 Å². The summed E-state index contributed by atoms with van der Waals surface area (Å²) in [7, 11) is -0.918. The fourth-order valence-corrected chi connectivity index (χ4v) is 3.75. The highest BCUT2D eigenvalue weighted by molar-refractivity contribution is 7.88. The Hall–Kier alpha value is -2.10. The third-order valence-corrected chi connectivity index (χ3v) is 6.11. The molecule has 1 fully saturated rings. The molecule has 8 nitrogen and oxygen atoms in total. The van der Waals surface area contributed by atoms with Gasteiger partial charge in [0.15, 0.2) is 0 Å². The quantitative estimate of drug-likeness (QED) is 0.821. The minimum atomic E-state index is -3.71. The molecule has 0 bridgehead atoms. The van der Waals surface area contributed by atoms with Crippen LogP contribution in [0.15, 0.2) is 40.2 Å². The van der Waals surface area contributed by atoms with E-state index < -0.39 is 10.0 Å². The maximum atomic E-state index is 12.4. The molecule has 26 heavy (non-hydrogen) atoms. The standard InChI is InChI=1S/C16H19ClN4O4S/c1-20(2)26(23,24)14-8-11(10-25-14)16(22)19-12-5-7-21(9-12)15-13(17)4-3-6-18-15/h3-4,6,8,10,12H,5,7,9H2,1-2H3,(H,19,22). The van der Waals surface area contributed by atoms with Gasteiger partial charge in [-0.2, -0.15) is 0 Å². The minimum absolute atomic E-state index is 0.0932. The first kappa shape index (κ1) is 18.7. The second-order valence-electron chi connectivity index (χ2n) is 6.16. The van der Waals surface area contributed by atoms with Crippen molar-refractivity contribution in [3.05, 3.63) is 41.2 Å². The zero-order valence-electron chi connectivity index (χ0n) is 14.3. The zero-order chi connectivity index (χ0) is 18.9. The van der Waals surface area contributed by atoms with Crippen LogP contribution in [-0.2, 0) is 10.0 Å². The monoisotopic (exact) mass is 398 g/mol. The van der Waals surface area contributed by atoms with Crippen LogP contribution in [-0.4, -0.2) is 56.8 Å². The molecule has 1 amide bonds. The highest BCUT2D eigenvalue weighted by Gasteiger charge is 2.28. The van der Waals surface area contributed by atoms with Crippen LogP contribution in [0.25, 0.3) is 0 Å². The number of amides is 1. The SMILES string of the molecule is CN(C)S(=O)(=O)c1cc(C(=O)NC2CCN(c3ncccc3Cl)C2)co1. The van der Waals surface area contributed by atoms with Crippen LogP contribution in [0.3, 0.4) is 0 Å². The van der Waals surface area contributed by atoms with Gasteiger partial charge in [-0.3, -0.25) is 4.79 Å². The van der Waals surface area contributed by atoms with Crippen molar-refractivity contribution in [1.29, 1.82) is 0 Å². The maximum absolute atomic E-state index is 12.4. The molecule has 0 saturated carbocycles. The molecule has 0 spiro atoms. The van der Waals surface area contributed by atoms with Gasteiger partial charge in [0, 0.05) is 45.5 Å². The summed E-state index contributed by atoms with van der Waals surface area (Å²) in [4.78, 5) is 18.7. The van der Waals surface area contributed by atoms with Crippen LogP contribution in [0.5, 0.6) is 0 Å². The molecule has 0 radical (unpaired) electrons. The largest absolute Gasteiger partial charge is 0.451 e. The fraction of sp³-hybridized carbons (Fsp3) is 0.375. The van der Waals surface area contributed by atoms with E-state index in [1.807, 2.05) is 4.90 Å². The average molecular weight is 399 g/mol. The van der Waals surface area contributed by atoms with E-state index in [1.165, 1.54) is 20.2 Å². The van der Waals surface area contributed by atoms with E-state index in [4.69, 9.17) is 16.0 Å². The molecule has 1 N–H and O–H groups in total. The topological polar surface area (TPSA) is 95.8 Å². The third kappa shape index (κ3) is 3.69. The lowest BCUT2D eigenvalue weighted by molar-refractivity contribution is 0.0939. The van der Waals surface area contributed by atoms with Crippen LogP contribution >= 0.6 is 11.6 Å². The summed E-state index contributed by atoms with van der Waals surface area (Å²) < 4.78 is 30.1. The van der Waals surface area contributed by atoms with Crippen molar-refractivity contribution in [1.82, 2.24) is 14.6 Å². The Morgan fingerprint density at radius 1 is 1.46 bits per heavy atom. The Kier molecular flexibility index (Phi) is 5.22. The van der Waals surface area contributed by atoms with E-state index >= 15 is 0 Å². The molecule has 0 aliphatic carbocycles. The molecule has 2 aromatic heterocycles. The minimum Gasteiger partial charge on any atom is -0.451 e. The highest BCUT2D eigenvalue weighted by Crippen LogP contribution is 2.26. The number of anilines is 1. The van der Waals surface area contributed by atoms with Gasteiger partial charge in [-0.05, 0) is 18.6 Å². The predicted molar refractivity (Wildman–Crippen MR) is 96.9 cm³/mol. The summed E-state index contributed by atoms with van der Waals surface area (Å²) >= 11 is 6.16. The van der Waals surface area contributed by atoms with Crippen molar-refractivity contribution in [2.75, 3.05) is 32.1 Å². The molecule has 3 rings (SSSR count). The van der Waals surface area contributed by atoms with E-state index in [0.717, 1.165) is 17.0 Å². The number of halogens is 1. The number of rotatable bonds is 5. The number of aromatic nitrogens is 1. The van der Waals surface area contributed by atoms with Crippen LogP contribution in [0, 0.1) is 0 Å². The summed E-state index contributed by atoms with van der Waals surface area (Å²) in [6.07, 6.45) is 3.55. The lowest BCUT2D eigenvalue weighted by atomic mass is 10.2. The van der Waals surface area contributed by atoms with Crippen LogP contribution in [0.1, 0.15) is 16.8 Å². The van der Waals surface area contributed by atoms with Crippen molar-refractivity contribution in [3.63, 3.8) is 0 Å². The molecule has 3 heterocycles. The van der Waals surface area contributed by atoms with Crippen LogP contribution in [0.2, 0.25) is 5.02 Å². The zero-order valence-corrected chi connectivity index (χ0v) is 15.9. The van der Waals surface area contributed by atoms with Gasteiger partial charge in [-0.25, -0.2) is 17.7 Å². The first-order chi connectivity index (χ1) is 12.3. The smallest absolute Gasteiger partial charge is 0.275 e. The summed E-state index contributed by atoms with van der Waals surface area (Å²) in [5, 5.41) is 3.19. The Labute approximate surface area is 156 Å². The van der Waals surface area contributed by atoms with E-state index in [1.54, 1.807) is 18.3 Å². The third-order valence-electron chi connectivity index (χ3n) is 4.13. The van der Waals surface area contributed by atoms with E-state index in [2.05, 4.69) is 10.3 Å². The molecule has 1 aliphatic heterocycles. The summed E-state index contributed by atoms with van der Waals surface area (Å²) in [6, 6.07) is 4.67. The van der Waals surface area contributed by atoms with Gasteiger partial charge in [-0.1, -0.05) is 11.6 Å². The number of hydrogen-bond donors (Lipinski definition) is 1. The first-order valence-electron chi connectivity index (χ1n) is 7.96. The normalized spacial score (nSPS) is 17.7. The number of carbonyl (C=O) groups is 1. The van der Waals surface area contributed by atoms with Crippen molar-refractivity contribution >= 4 is 33.3 Å². The highest BCUT2D eigenvalue weighted by atomic mass is 35.5. The maximum Gasteiger partial charge on any atom is 0.275 e. The van der Waals surface area contributed by atoms with E-state index in [-0.39, 0.29) is 22.6 Å². The van der Waals surface area contributed by atoms with Gasteiger partial charge in [0.1, 0.15) is 12.1 Å². The van der Waals surface area contributed by atoms with Crippen molar-refractivity contribution < 1.29 is 17.6 Å². The number of nitrogens with zero attached hydrogens (tertiary/aromatic N) is 3. The molecule has 140 valence electrons. The number of pyridine rings is 1. The van der Waals surface area contributed by atoms with E-state index in [9.17, 15) is 13.2 Å². The van der Waals surface area contributed by atoms with E-state index in [0.29, 0.717) is 23.9 Å². The second-order valence-corrected chi connectivity index (χ2v) is 8.65. The van der Waals surface area contributed by atoms with Crippen molar-refractivity contribution in [2.24, 2.45) is 0 Å². The van der Waals surface area contributed by atoms with Gasteiger partial charge in [0.05, 0.1) is 10.6 Å².